The van der Waals surface area contributed by atoms with Crippen molar-refractivity contribution in [2.75, 3.05) is 17.7 Å². The van der Waals surface area contributed by atoms with Crippen LogP contribution in [0, 0.1) is 5.92 Å². The molecule has 14 heavy (non-hydrogen) atoms. The zero-order valence-electron chi connectivity index (χ0n) is 8.57. The van der Waals surface area contributed by atoms with Gasteiger partial charge in [-0.1, -0.05) is 6.92 Å². The van der Waals surface area contributed by atoms with Crippen molar-refractivity contribution in [2.45, 2.75) is 19.9 Å². The van der Waals surface area contributed by atoms with Crippen LogP contribution in [0.2, 0.25) is 0 Å². The van der Waals surface area contributed by atoms with Crippen LogP contribution in [0.5, 0.6) is 0 Å². The summed E-state index contributed by atoms with van der Waals surface area (Å²) >= 11 is 0. The summed E-state index contributed by atoms with van der Waals surface area (Å²) in [6.07, 6.45) is 1.61. The molecule has 0 saturated heterocycles. The summed E-state index contributed by atoms with van der Waals surface area (Å²) in [5, 5.41) is 12.1. The standard InChI is InChI=1S/C10H17N3O/c1-7(6-14)8(2)13-10-4-3-9(11)5-12-10/h3-5,7-8,14H,6,11H2,1-2H3,(H,12,13). The van der Waals surface area contributed by atoms with E-state index in [9.17, 15) is 0 Å². The fourth-order valence-electron chi connectivity index (χ4n) is 1.02. The SMILES string of the molecule is CC(CO)C(C)Nc1ccc(N)cn1. The van der Waals surface area contributed by atoms with Crippen LogP contribution >= 0.6 is 0 Å². The zero-order chi connectivity index (χ0) is 10.6. The summed E-state index contributed by atoms with van der Waals surface area (Å²) in [7, 11) is 0. The van der Waals surface area contributed by atoms with E-state index in [1.54, 1.807) is 12.3 Å². The van der Waals surface area contributed by atoms with Crippen molar-refractivity contribution in [3.8, 4) is 0 Å². The lowest BCUT2D eigenvalue weighted by Gasteiger charge is -2.19. The molecule has 0 radical (unpaired) electrons. The van der Waals surface area contributed by atoms with Gasteiger partial charge in [0.1, 0.15) is 5.82 Å². The zero-order valence-corrected chi connectivity index (χ0v) is 8.57. The second-order valence-electron chi connectivity index (χ2n) is 3.57. The fourth-order valence-corrected chi connectivity index (χ4v) is 1.02. The predicted octanol–water partition coefficient (Wildman–Crippen LogP) is 1.09. The highest BCUT2D eigenvalue weighted by Gasteiger charge is 2.10. The van der Waals surface area contributed by atoms with Crippen LogP contribution in [0.1, 0.15) is 13.8 Å². The third-order valence-corrected chi connectivity index (χ3v) is 2.30. The third kappa shape index (κ3) is 2.88. The molecule has 4 heteroatoms. The molecule has 2 atom stereocenters. The van der Waals surface area contributed by atoms with Crippen LogP contribution < -0.4 is 11.1 Å². The predicted molar refractivity (Wildman–Crippen MR) is 58.0 cm³/mol. The molecule has 0 fully saturated rings. The minimum Gasteiger partial charge on any atom is -0.397 e. The van der Waals surface area contributed by atoms with Crippen LogP contribution in [0.25, 0.3) is 0 Å². The number of aliphatic hydroxyl groups is 1. The van der Waals surface area contributed by atoms with Gasteiger partial charge in [0, 0.05) is 12.6 Å². The molecule has 0 spiro atoms. The lowest BCUT2D eigenvalue weighted by molar-refractivity contribution is 0.226. The molecule has 0 aromatic carbocycles. The van der Waals surface area contributed by atoms with Crippen molar-refractivity contribution in [2.24, 2.45) is 5.92 Å². The molecule has 0 aliphatic rings. The highest BCUT2D eigenvalue weighted by atomic mass is 16.3. The van der Waals surface area contributed by atoms with E-state index in [0.717, 1.165) is 5.82 Å². The van der Waals surface area contributed by atoms with Gasteiger partial charge in [-0.25, -0.2) is 4.98 Å². The molecular weight excluding hydrogens is 178 g/mol. The molecule has 0 aliphatic carbocycles. The quantitative estimate of drug-likeness (QED) is 0.672. The Hall–Kier alpha value is -1.29. The molecule has 78 valence electrons. The van der Waals surface area contributed by atoms with Crippen LogP contribution in [0.4, 0.5) is 11.5 Å². The number of nitrogens with zero attached hydrogens (tertiary/aromatic N) is 1. The van der Waals surface area contributed by atoms with E-state index in [0.29, 0.717) is 5.69 Å². The smallest absolute Gasteiger partial charge is 0.126 e. The van der Waals surface area contributed by atoms with E-state index in [1.807, 2.05) is 19.9 Å². The van der Waals surface area contributed by atoms with Crippen molar-refractivity contribution < 1.29 is 5.11 Å². The molecule has 1 aromatic heterocycles. The van der Waals surface area contributed by atoms with Crippen molar-refractivity contribution in [1.82, 2.24) is 4.98 Å². The third-order valence-electron chi connectivity index (χ3n) is 2.30. The number of aliphatic hydroxyl groups excluding tert-OH is 1. The lowest BCUT2D eigenvalue weighted by atomic mass is 10.1. The molecule has 0 amide bonds. The fraction of sp³-hybridized carbons (Fsp3) is 0.500. The minimum absolute atomic E-state index is 0.170. The Morgan fingerprint density at radius 1 is 1.50 bits per heavy atom. The molecule has 0 saturated carbocycles. The van der Waals surface area contributed by atoms with Gasteiger partial charge in [0.15, 0.2) is 0 Å². The summed E-state index contributed by atoms with van der Waals surface area (Å²) < 4.78 is 0. The van der Waals surface area contributed by atoms with Gasteiger partial charge in [0.05, 0.1) is 11.9 Å². The van der Waals surface area contributed by atoms with E-state index < -0.39 is 0 Å². The van der Waals surface area contributed by atoms with E-state index in [1.165, 1.54) is 0 Å². The average Bonchev–Trinajstić information content (AvgIpc) is 2.20. The van der Waals surface area contributed by atoms with Gasteiger partial charge in [-0.05, 0) is 25.0 Å². The molecule has 4 nitrogen and oxygen atoms in total. The number of rotatable bonds is 4. The number of nitrogens with one attached hydrogen (secondary N) is 1. The molecular formula is C10H17N3O. The molecule has 1 rings (SSSR count). The molecule has 4 N–H and O–H groups in total. The Bertz CT molecular complexity index is 273. The Kier molecular flexibility index (Phi) is 3.71. The average molecular weight is 195 g/mol. The van der Waals surface area contributed by atoms with Crippen molar-refractivity contribution in [1.29, 1.82) is 0 Å². The number of hydrogen-bond donors (Lipinski definition) is 3. The Morgan fingerprint density at radius 3 is 2.71 bits per heavy atom. The molecule has 2 unspecified atom stereocenters. The second-order valence-corrected chi connectivity index (χ2v) is 3.57. The monoisotopic (exact) mass is 195 g/mol. The van der Waals surface area contributed by atoms with Crippen LogP contribution in [-0.4, -0.2) is 22.7 Å². The second kappa shape index (κ2) is 4.81. The molecule has 1 aromatic rings. The molecule has 1 heterocycles. The summed E-state index contributed by atoms with van der Waals surface area (Å²) in [5.41, 5.74) is 6.16. The minimum atomic E-state index is 0.170. The van der Waals surface area contributed by atoms with Crippen molar-refractivity contribution >= 4 is 11.5 Å². The normalized spacial score (nSPS) is 14.8. The van der Waals surface area contributed by atoms with Crippen molar-refractivity contribution in [3.05, 3.63) is 18.3 Å². The first-order valence-corrected chi connectivity index (χ1v) is 4.72. The highest BCUT2D eigenvalue weighted by Crippen LogP contribution is 2.11. The number of aromatic nitrogens is 1. The van der Waals surface area contributed by atoms with Gasteiger partial charge < -0.3 is 16.2 Å². The van der Waals surface area contributed by atoms with Gasteiger partial charge in [-0.15, -0.1) is 0 Å². The summed E-state index contributed by atoms with van der Waals surface area (Å²) in [5.74, 6) is 0.987. The summed E-state index contributed by atoms with van der Waals surface area (Å²) in [6.45, 7) is 4.16. The van der Waals surface area contributed by atoms with Gasteiger partial charge in [-0.3, -0.25) is 0 Å². The van der Waals surface area contributed by atoms with Gasteiger partial charge in [0.25, 0.3) is 0 Å². The van der Waals surface area contributed by atoms with E-state index in [4.69, 9.17) is 10.8 Å². The molecule has 0 bridgehead atoms. The first-order valence-electron chi connectivity index (χ1n) is 4.72. The van der Waals surface area contributed by atoms with Gasteiger partial charge in [0.2, 0.25) is 0 Å². The van der Waals surface area contributed by atoms with Crippen LogP contribution in [0.3, 0.4) is 0 Å². The van der Waals surface area contributed by atoms with E-state index >= 15 is 0 Å². The number of pyridine rings is 1. The Labute approximate surface area is 84.2 Å². The highest BCUT2D eigenvalue weighted by molar-refractivity contribution is 5.44. The maximum absolute atomic E-state index is 8.95. The maximum atomic E-state index is 8.95. The number of nitrogen functional groups attached to an aromatic ring is 1. The van der Waals surface area contributed by atoms with Crippen molar-refractivity contribution in [3.63, 3.8) is 0 Å². The van der Waals surface area contributed by atoms with Gasteiger partial charge >= 0.3 is 0 Å². The van der Waals surface area contributed by atoms with E-state index in [-0.39, 0.29) is 18.6 Å². The Balaban J connectivity index is 2.56. The number of hydrogen-bond acceptors (Lipinski definition) is 4. The Morgan fingerprint density at radius 2 is 2.21 bits per heavy atom. The van der Waals surface area contributed by atoms with Crippen LogP contribution in [0.15, 0.2) is 18.3 Å². The van der Waals surface area contributed by atoms with E-state index in [2.05, 4.69) is 10.3 Å². The lowest BCUT2D eigenvalue weighted by Crippen LogP contribution is -2.26. The van der Waals surface area contributed by atoms with Gasteiger partial charge in [-0.2, -0.15) is 0 Å². The topological polar surface area (TPSA) is 71.2 Å². The number of anilines is 2. The first-order chi connectivity index (χ1) is 6.63. The maximum Gasteiger partial charge on any atom is 0.126 e. The summed E-state index contributed by atoms with van der Waals surface area (Å²) in [4.78, 5) is 4.12. The number of nitrogens with two attached hydrogens (primary N) is 1. The molecule has 0 aliphatic heterocycles. The largest absolute Gasteiger partial charge is 0.397 e. The first kappa shape index (κ1) is 10.8. The summed E-state index contributed by atoms with van der Waals surface area (Å²) in [6, 6.07) is 3.82. The van der Waals surface area contributed by atoms with Crippen LogP contribution in [-0.2, 0) is 0 Å².